The number of aryl methyl sites for hydroxylation is 1. The van der Waals surface area contributed by atoms with E-state index in [2.05, 4.69) is 15.4 Å². The molecule has 0 spiro atoms. The number of rotatable bonds is 7. The van der Waals surface area contributed by atoms with E-state index in [0.29, 0.717) is 12.2 Å². The van der Waals surface area contributed by atoms with Gasteiger partial charge in [0.15, 0.2) is 5.69 Å². The maximum Gasteiger partial charge on any atom is 0.273 e. The summed E-state index contributed by atoms with van der Waals surface area (Å²) in [6.45, 7) is 4.48. The van der Waals surface area contributed by atoms with Crippen molar-refractivity contribution in [3.05, 3.63) is 53.2 Å². The van der Waals surface area contributed by atoms with E-state index in [-0.39, 0.29) is 17.8 Å². The molecule has 1 aliphatic rings. The fourth-order valence-corrected chi connectivity index (χ4v) is 3.26. The van der Waals surface area contributed by atoms with Crippen molar-refractivity contribution in [3.63, 3.8) is 0 Å². The number of halogens is 1. The molecule has 1 N–H and O–H groups in total. The Morgan fingerprint density at radius 2 is 2.04 bits per heavy atom. The normalized spacial score (nSPS) is 16.1. The summed E-state index contributed by atoms with van der Waals surface area (Å²) in [4.78, 5) is 14.7. The van der Waals surface area contributed by atoms with Gasteiger partial charge in [0.05, 0.1) is 6.04 Å². The molecule has 1 aromatic carbocycles. The molecule has 0 radical (unpaired) electrons. The van der Waals surface area contributed by atoms with Crippen LogP contribution in [0.5, 0.6) is 0 Å². The third-order valence-corrected chi connectivity index (χ3v) is 4.58. The fourth-order valence-electron chi connectivity index (χ4n) is 3.26. The standard InChI is InChI=1S/C19H24FN3O2/c1-2-5-16-12-17(22-25-16)19(24)21-13-18(23-10-3-4-11-23)14-6-8-15(20)9-7-14/h6-9,12,18H,2-5,10-11,13H2,1H3,(H,21,24). The highest BCUT2D eigenvalue weighted by molar-refractivity contribution is 5.92. The molecule has 6 heteroatoms. The highest BCUT2D eigenvalue weighted by Gasteiger charge is 2.24. The highest BCUT2D eigenvalue weighted by atomic mass is 19.1. The van der Waals surface area contributed by atoms with Crippen molar-refractivity contribution in [2.45, 2.75) is 38.6 Å². The predicted molar refractivity (Wildman–Crippen MR) is 92.8 cm³/mol. The molecule has 0 bridgehead atoms. The maximum absolute atomic E-state index is 13.2. The molecule has 0 saturated carbocycles. The van der Waals surface area contributed by atoms with Gasteiger partial charge in [-0.25, -0.2) is 4.39 Å². The molecule has 5 nitrogen and oxygen atoms in total. The Morgan fingerprint density at radius 3 is 2.72 bits per heavy atom. The van der Waals surface area contributed by atoms with Crippen LogP contribution in [0.1, 0.15) is 54.0 Å². The summed E-state index contributed by atoms with van der Waals surface area (Å²) in [6.07, 6.45) is 4.01. The van der Waals surface area contributed by atoms with Crippen LogP contribution in [0.4, 0.5) is 4.39 Å². The van der Waals surface area contributed by atoms with Crippen molar-refractivity contribution in [2.75, 3.05) is 19.6 Å². The minimum Gasteiger partial charge on any atom is -0.361 e. The number of carbonyl (C=O) groups is 1. The molecule has 1 amide bonds. The van der Waals surface area contributed by atoms with Crippen molar-refractivity contribution < 1.29 is 13.7 Å². The van der Waals surface area contributed by atoms with Gasteiger partial charge in [0.25, 0.3) is 5.91 Å². The van der Waals surface area contributed by atoms with Gasteiger partial charge in [-0.15, -0.1) is 0 Å². The molecule has 2 aromatic rings. The van der Waals surface area contributed by atoms with Gasteiger partial charge in [-0.2, -0.15) is 0 Å². The van der Waals surface area contributed by atoms with Crippen LogP contribution in [0.3, 0.4) is 0 Å². The van der Waals surface area contributed by atoms with Crippen LogP contribution in [0.2, 0.25) is 0 Å². The predicted octanol–water partition coefficient (Wildman–Crippen LogP) is 3.33. The summed E-state index contributed by atoms with van der Waals surface area (Å²) in [5.41, 5.74) is 1.32. The first-order chi connectivity index (χ1) is 12.2. The van der Waals surface area contributed by atoms with Gasteiger partial charge in [-0.1, -0.05) is 24.2 Å². The van der Waals surface area contributed by atoms with E-state index in [9.17, 15) is 9.18 Å². The number of hydrogen-bond acceptors (Lipinski definition) is 4. The SMILES string of the molecule is CCCc1cc(C(=O)NCC(c2ccc(F)cc2)N2CCCC2)no1. The molecule has 1 saturated heterocycles. The first kappa shape index (κ1) is 17.6. The number of carbonyl (C=O) groups excluding carboxylic acids is 1. The molecule has 1 aliphatic heterocycles. The number of aromatic nitrogens is 1. The number of likely N-dealkylation sites (tertiary alicyclic amines) is 1. The van der Waals surface area contributed by atoms with E-state index in [4.69, 9.17) is 4.52 Å². The van der Waals surface area contributed by atoms with Crippen molar-refractivity contribution in [1.29, 1.82) is 0 Å². The molecule has 1 fully saturated rings. The van der Waals surface area contributed by atoms with Crippen LogP contribution >= 0.6 is 0 Å². The summed E-state index contributed by atoms with van der Waals surface area (Å²) in [7, 11) is 0. The van der Waals surface area contributed by atoms with Crippen molar-refractivity contribution in [3.8, 4) is 0 Å². The Hall–Kier alpha value is -2.21. The second-order valence-electron chi connectivity index (χ2n) is 6.45. The Labute approximate surface area is 147 Å². The summed E-state index contributed by atoms with van der Waals surface area (Å²) >= 11 is 0. The van der Waals surface area contributed by atoms with E-state index < -0.39 is 0 Å². The molecular weight excluding hydrogens is 321 g/mol. The van der Waals surface area contributed by atoms with E-state index in [1.54, 1.807) is 18.2 Å². The lowest BCUT2D eigenvalue weighted by Gasteiger charge is -2.28. The Kier molecular flexibility index (Phi) is 5.81. The topological polar surface area (TPSA) is 58.4 Å². The number of amides is 1. The van der Waals surface area contributed by atoms with E-state index in [1.807, 2.05) is 6.92 Å². The van der Waals surface area contributed by atoms with Crippen LogP contribution in [-0.4, -0.2) is 35.6 Å². The minimum atomic E-state index is -0.251. The number of nitrogens with zero attached hydrogens (tertiary/aromatic N) is 2. The second kappa shape index (κ2) is 8.25. The molecule has 2 heterocycles. The largest absolute Gasteiger partial charge is 0.361 e. The third-order valence-electron chi connectivity index (χ3n) is 4.58. The van der Waals surface area contributed by atoms with Crippen LogP contribution in [0.15, 0.2) is 34.9 Å². The van der Waals surface area contributed by atoms with Gasteiger partial charge < -0.3 is 9.84 Å². The van der Waals surface area contributed by atoms with Crippen molar-refractivity contribution in [1.82, 2.24) is 15.4 Å². The van der Waals surface area contributed by atoms with Gasteiger partial charge >= 0.3 is 0 Å². The summed E-state index contributed by atoms with van der Waals surface area (Å²) in [5.74, 6) is 0.235. The van der Waals surface area contributed by atoms with Gasteiger partial charge in [-0.3, -0.25) is 9.69 Å². The average molecular weight is 345 g/mol. The molecular formula is C19H24FN3O2. The molecule has 134 valence electrons. The average Bonchev–Trinajstić information content (AvgIpc) is 3.29. The lowest BCUT2D eigenvalue weighted by Crippen LogP contribution is -2.36. The van der Waals surface area contributed by atoms with Crippen LogP contribution in [-0.2, 0) is 6.42 Å². The smallest absolute Gasteiger partial charge is 0.273 e. The minimum absolute atomic E-state index is 0.0362. The number of benzene rings is 1. The van der Waals surface area contributed by atoms with E-state index >= 15 is 0 Å². The van der Waals surface area contributed by atoms with E-state index in [0.717, 1.165) is 50.1 Å². The fraction of sp³-hybridized carbons (Fsp3) is 0.474. The number of hydrogen-bond donors (Lipinski definition) is 1. The zero-order valence-electron chi connectivity index (χ0n) is 14.5. The molecule has 1 atom stereocenters. The lowest BCUT2D eigenvalue weighted by molar-refractivity contribution is 0.0928. The number of nitrogens with one attached hydrogen (secondary N) is 1. The molecule has 25 heavy (non-hydrogen) atoms. The third kappa shape index (κ3) is 4.45. The van der Waals surface area contributed by atoms with E-state index in [1.165, 1.54) is 12.1 Å². The zero-order chi connectivity index (χ0) is 17.6. The summed E-state index contributed by atoms with van der Waals surface area (Å²) in [5, 5.41) is 6.79. The van der Waals surface area contributed by atoms with Crippen LogP contribution in [0.25, 0.3) is 0 Å². The molecule has 0 aliphatic carbocycles. The second-order valence-corrected chi connectivity index (χ2v) is 6.45. The van der Waals surface area contributed by atoms with Crippen molar-refractivity contribution in [2.24, 2.45) is 0 Å². The lowest BCUT2D eigenvalue weighted by atomic mass is 10.1. The Morgan fingerprint density at radius 1 is 1.32 bits per heavy atom. The first-order valence-electron chi connectivity index (χ1n) is 8.90. The monoisotopic (exact) mass is 345 g/mol. The highest BCUT2D eigenvalue weighted by Crippen LogP contribution is 2.25. The Bertz CT molecular complexity index is 693. The summed E-state index contributed by atoms with van der Waals surface area (Å²) < 4.78 is 18.4. The maximum atomic E-state index is 13.2. The van der Waals surface area contributed by atoms with Gasteiger partial charge in [-0.05, 0) is 50.0 Å². The summed E-state index contributed by atoms with van der Waals surface area (Å²) in [6, 6.07) is 8.25. The van der Waals surface area contributed by atoms with Crippen molar-refractivity contribution >= 4 is 5.91 Å². The van der Waals surface area contributed by atoms with Gasteiger partial charge in [0.1, 0.15) is 11.6 Å². The first-order valence-corrected chi connectivity index (χ1v) is 8.90. The van der Waals surface area contributed by atoms with Gasteiger partial charge in [0.2, 0.25) is 0 Å². The molecule has 3 rings (SSSR count). The van der Waals surface area contributed by atoms with Crippen LogP contribution in [0, 0.1) is 5.82 Å². The quantitative estimate of drug-likeness (QED) is 0.836. The Balaban J connectivity index is 1.67. The van der Waals surface area contributed by atoms with Gasteiger partial charge in [0, 0.05) is 19.0 Å². The molecule has 1 unspecified atom stereocenters. The molecule has 1 aromatic heterocycles. The zero-order valence-corrected chi connectivity index (χ0v) is 14.5. The van der Waals surface area contributed by atoms with Crippen LogP contribution < -0.4 is 5.32 Å².